The van der Waals surface area contributed by atoms with Gasteiger partial charge in [0.2, 0.25) is 15.9 Å². The van der Waals surface area contributed by atoms with E-state index in [0.29, 0.717) is 25.4 Å². The number of piperazine rings is 1. The van der Waals surface area contributed by atoms with Crippen LogP contribution < -0.4 is 4.74 Å². The first-order valence-electron chi connectivity index (χ1n) is 9.67. The van der Waals surface area contributed by atoms with Gasteiger partial charge in [-0.1, -0.05) is 24.3 Å². The van der Waals surface area contributed by atoms with Gasteiger partial charge in [0, 0.05) is 32.3 Å². The van der Waals surface area contributed by atoms with E-state index in [2.05, 4.69) is 0 Å². The van der Waals surface area contributed by atoms with Crippen LogP contribution in [0.3, 0.4) is 0 Å². The fourth-order valence-electron chi connectivity index (χ4n) is 3.21. The third kappa shape index (κ3) is 5.05. The van der Waals surface area contributed by atoms with Crippen molar-refractivity contribution in [3.05, 3.63) is 65.7 Å². The molecule has 0 bridgehead atoms. The van der Waals surface area contributed by atoms with E-state index in [1.807, 2.05) is 38.1 Å². The van der Waals surface area contributed by atoms with E-state index in [-0.39, 0.29) is 23.9 Å². The number of carbonyl (C=O) groups is 1. The first-order chi connectivity index (χ1) is 13.9. The highest BCUT2D eigenvalue weighted by molar-refractivity contribution is 7.89. The smallest absolute Gasteiger partial charge is 0.246 e. The first-order valence-corrected chi connectivity index (χ1v) is 11.1. The SMILES string of the molecule is CCOc1ccc(S(=O)(=O)N2CCN(C(=O)/C=C/c3ccccc3C)CC2)cc1. The maximum atomic E-state index is 12.8. The Morgan fingerprint density at radius 2 is 1.69 bits per heavy atom. The van der Waals surface area contributed by atoms with Gasteiger partial charge < -0.3 is 9.64 Å². The molecule has 1 saturated heterocycles. The number of sulfonamides is 1. The second-order valence-electron chi connectivity index (χ2n) is 6.82. The Morgan fingerprint density at radius 3 is 2.31 bits per heavy atom. The van der Waals surface area contributed by atoms with Crippen LogP contribution in [0, 0.1) is 6.92 Å². The summed E-state index contributed by atoms with van der Waals surface area (Å²) in [5, 5.41) is 0. The molecule has 1 heterocycles. The lowest BCUT2D eigenvalue weighted by molar-refractivity contribution is -0.127. The van der Waals surface area contributed by atoms with Crippen LogP contribution in [-0.2, 0) is 14.8 Å². The molecule has 1 fully saturated rings. The molecule has 7 heteroatoms. The fraction of sp³-hybridized carbons (Fsp3) is 0.318. The molecule has 3 rings (SSSR count). The minimum Gasteiger partial charge on any atom is -0.494 e. The number of benzene rings is 2. The van der Waals surface area contributed by atoms with Crippen molar-refractivity contribution in [1.29, 1.82) is 0 Å². The monoisotopic (exact) mass is 414 g/mol. The van der Waals surface area contributed by atoms with Crippen molar-refractivity contribution in [1.82, 2.24) is 9.21 Å². The van der Waals surface area contributed by atoms with E-state index in [1.54, 1.807) is 41.3 Å². The zero-order chi connectivity index (χ0) is 20.9. The van der Waals surface area contributed by atoms with Crippen molar-refractivity contribution in [2.45, 2.75) is 18.7 Å². The molecule has 6 nitrogen and oxygen atoms in total. The van der Waals surface area contributed by atoms with Crippen LogP contribution in [0.15, 0.2) is 59.5 Å². The van der Waals surface area contributed by atoms with Crippen molar-refractivity contribution >= 4 is 22.0 Å². The third-order valence-corrected chi connectivity index (χ3v) is 6.83. The number of aryl methyl sites for hydroxylation is 1. The fourth-order valence-corrected chi connectivity index (χ4v) is 4.63. The lowest BCUT2D eigenvalue weighted by atomic mass is 10.1. The Kier molecular flexibility index (Phi) is 6.71. The number of carbonyl (C=O) groups excluding carboxylic acids is 1. The second-order valence-corrected chi connectivity index (χ2v) is 8.76. The quantitative estimate of drug-likeness (QED) is 0.682. The van der Waals surface area contributed by atoms with E-state index >= 15 is 0 Å². The lowest BCUT2D eigenvalue weighted by Gasteiger charge is -2.33. The molecule has 0 radical (unpaired) electrons. The van der Waals surface area contributed by atoms with Gasteiger partial charge >= 0.3 is 0 Å². The van der Waals surface area contributed by atoms with Gasteiger partial charge in [0.05, 0.1) is 11.5 Å². The molecule has 2 aromatic rings. The molecule has 0 saturated carbocycles. The predicted molar refractivity (Wildman–Crippen MR) is 113 cm³/mol. The summed E-state index contributed by atoms with van der Waals surface area (Å²) in [5.41, 5.74) is 2.10. The summed E-state index contributed by atoms with van der Waals surface area (Å²) in [7, 11) is -3.58. The standard InChI is InChI=1S/C22H26N2O4S/c1-3-28-20-9-11-21(12-10-20)29(26,27)24-16-14-23(15-17-24)22(25)13-8-19-7-5-4-6-18(19)2/h4-13H,3,14-17H2,1-2H3/b13-8+. The summed E-state index contributed by atoms with van der Waals surface area (Å²) in [6, 6.07) is 14.3. The topological polar surface area (TPSA) is 66.9 Å². The van der Waals surface area contributed by atoms with Crippen LogP contribution >= 0.6 is 0 Å². The van der Waals surface area contributed by atoms with E-state index in [9.17, 15) is 13.2 Å². The molecule has 0 aliphatic carbocycles. The van der Waals surface area contributed by atoms with E-state index in [1.165, 1.54) is 4.31 Å². The third-order valence-electron chi connectivity index (χ3n) is 4.92. The Labute approximate surface area is 172 Å². The van der Waals surface area contributed by atoms with Gasteiger partial charge in [0.25, 0.3) is 0 Å². The van der Waals surface area contributed by atoms with E-state index in [4.69, 9.17) is 4.74 Å². The van der Waals surface area contributed by atoms with Gasteiger partial charge in [-0.3, -0.25) is 4.79 Å². The van der Waals surface area contributed by atoms with Gasteiger partial charge in [-0.25, -0.2) is 8.42 Å². The molecule has 0 unspecified atom stereocenters. The molecule has 2 aromatic carbocycles. The summed E-state index contributed by atoms with van der Waals surface area (Å²) in [4.78, 5) is 14.4. The average Bonchev–Trinajstić information content (AvgIpc) is 2.74. The molecule has 1 amide bonds. The number of rotatable bonds is 6. The van der Waals surface area contributed by atoms with E-state index in [0.717, 1.165) is 11.1 Å². The molecular weight excluding hydrogens is 388 g/mol. The largest absolute Gasteiger partial charge is 0.494 e. The zero-order valence-electron chi connectivity index (χ0n) is 16.7. The Bertz CT molecular complexity index is 976. The maximum Gasteiger partial charge on any atom is 0.246 e. The predicted octanol–water partition coefficient (Wildman–Crippen LogP) is 2.94. The van der Waals surface area contributed by atoms with Crippen LogP contribution in [0.25, 0.3) is 6.08 Å². The maximum absolute atomic E-state index is 12.8. The molecule has 0 aromatic heterocycles. The van der Waals surface area contributed by atoms with Gasteiger partial charge in [-0.05, 0) is 55.3 Å². The number of ether oxygens (including phenoxy) is 1. The highest BCUT2D eigenvalue weighted by Crippen LogP contribution is 2.21. The molecule has 1 aliphatic rings. The van der Waals surface area contributed by atoms with Gasteiger partial charge in [-0.15, -0.1) is 0 Å². The Morgan fingerprint density at radius 1 is 1.03 bits per heavy atom. The van der Waals surface area contributed by atoms with Crippen LogP contribution in [0.1, 0.15) is 18.1 Å². The summed E-state index contributed by atoms with van der Waals surface area (Å²) in [5.74, 6) is 0.536. The highest BCUT2D eigenvalue weighted by atomic mass is 32.2. The highest BCUT2D eigenvalue weighted by Gasteiger charge is 2.29. The summed E-state index contributed by atoms with van der Waals surface area (Å²) in [6.07, 6.45) is 3.36. The lowest BCUT2D eigenvalue weighted by Crippen LogP contribution is -2.50. The van der Waals surface area contributed by atoms with Crippen molar-refractivity contribution in [2.75, 3.05) is 32.8 Å². The van der Waals surface area contributed by atoms with Gasteiger partial charge in [-0.2, -0.15) is 4.31 Å². The minimum atomic E-state index is -3.58. The van der Waals surface area contributed by atoms with Crippen molar-refractivity contribution < 1.29 is 17.9 Å². The average molecular weight is 415 g/mol. The number of hydrogen-bond acceptors (Lipinski definition) is 4. The van der Waals surface area contributed by atoms with Crippen molar-refractivity contribution in [2.24, 2.45) is 0 Å². The number of hydrogen-bond donors (Lipinski definition) is 0. The van der Waals surface area contributed by atoms with Crippen LogP contribution in [-0.4, -0.2) is 56.3 Å². The van der Waals surface area contributed by atoms with Crippen molar-refractivity contribution in [3.63, 3.8) is 0 Å². The molecule has 0 spiro atoms. The van der Waals surface area contributed by atoms with Crippen molar-refractivity contribution in [3.8, 4) is 5.75 Å². The van der Waals surface area contributed by atoms with Crippen LogP contribution in [0.2, 0.25) is 0 Å². The second kappa shape index (κ2) is 9.24. The molecule has 29 heavy (non-hydrogen) atoms. The molecular formula is C22H26N2O4S. The minimum absolute atomic E-state index is 0.105. The van der Waals surface area contributed by atoms with Gasteiger partial charge in [0.15, 0.2) is 0 Å². The molecule has 0 N–H and O–H groups in total. The first kappa shape index (κ1) is 21.1. The Balaban J connectivity index is 1.60. The molecule has 1 aliphatic heterocycles. The van der Waals surface area contributed by atoms with Gasteiger partial charge in [0.1, 0.15) is 5.75 Å². The Hall–Kier alpha value is -2.64. The number of nitrogens with zero attached hydrogens (tertiary/aromatic N) is 2. The normalized spacial score (nSPS) is 15.6. The summed E-state index contributed by atoms with van der Waals surface area (Å²) < 4.78 is 32.5. The van der Waals surface area contributed by atoms with Crippen LogP contribution in [0.5, 0.6) is 5.75 Å². The molecule has 0 atom stereocenters. The van der Waals surface area contributed by atoms with E-state index < -0.39 is 10.0 Å². The molecule has 154 valence electrons. The summed E-state index contributed by atoms with van der Waals surface area (Å²) in [6.45, 7) is 5.69. The van der Waals surface area contributed by atoms with Crippen LogP contribution in [0.4, 0.5) is 0 Å². The zero-order valence-corrected chi connectivity index (χ0v) is 17.6. The summed E-state index contributed by atoms with van der Waals surface area (Å²) >= 11 is 0. The number of amides is 1.